The van der Waals surface area contributed by atoms with Crippen molar-refractivity contribution in [1.82, 2.24) is 0 Å². The van der Waals surface area contributed by atoms with E-state index < -0.39 is 10.8 Å². The molecule has 0 saturated carbocycles. The van der Waals surface area contributed by atoms with Gasteiger partial charge in [-0.2, -0.15) is 0 Å². The molecule has 178 valence electrons. The number of nitro benzene ring substituents is 1. The minimum absolute atomic E-state index is 0.0410. The number of benzene rings is 3. The maximum Gasteiger partial charge on any atom is 0.291 e. The fourth-order valence-electron chi connectivity index (χ4n) is 3.24. The van der Waals surface area contributed by atoms with Crippen LogP contribution in [-0.2, 0) is 6.61 Å². The Bertz CT molecular complexity index is 1400. The molecule has 0 aliphatic heterocycles. The van der Waals surface area contributed by atoms with Crippen LogP contribution in [0, 0.1) is 24.0 Å². The van der Waals surface area contributed by atoms with Crippen LogP contribution >= 0.6 is 15.9 Å². The van der Waals surface area contributed by atoms with Gasteiger partial charge in [-0.1, -0.05) is 24.3 Å². The Morgan fingerprint density at radius 1 is 1.03 bits per heavy atom. The van der Waals surface area contributed by atoms with Gasteiger partial charge < -0.3 is 19.2 Å². The van der Waals surface area contributed by atoms with Gasteiger partial charge in [0.25, 0.3) is 11.6 Å². The Labute approximate surface area is 209 Å². The molecule has 35 heavy (non-hydrogen) atoms. The molecule has 4 rings (SSSR count). The Morgan fingerprint density at radius 3 is 2.60 bits per heavy atom. The van der Waals surface area contributed by atoms with Crippen molar-refractivity contribution in [3.8, 4) is 17.2 Å². The summed E-state index contributed by atoms with van der Waals surface area (Å²) in [6.45, 7) is 3.93. The van der Waals surface area contributed by atoms with Gasteiger partial charge in [0.05, 0.1) is 21.1 Å². The van der Waals surface area contributed by atoms with Gasteiger partial charge >= 0.3 is 0 Å². The molecule has 0 atom stereocenters. The molecule has 3 aromatic carbocycles. The summed E-state index contributed by atoms with van der Waals surface area (Å²) in [6, 6.07) is 20.3. The van der Waals surface area contributed by atoms with Gasteiger partial charge in [-0.15, -0.1) is 0 Å². The van der Waals surface area contributed by atoms with E-state index in [0.29, 0.717) is 17.3 Å². The summed E-state index contributed by atoms with van der Waals surface area (Å²) in [5.74, 6) is 1.37. The number of furan rings is 1. The van der Waals surface area contributed by atoms with Crippen molar-refractivity contribution in [2.24, 2.45) is 0 Å². The van der Waals surface area contributed by atoms with E-state index in [4.69, 9.17) is 13.9 Å². The zero-order valence-corrected chi connectivity index (χ0v) is 20.5. The molecule has 0 bridgehead atoms. The summed E-state index contributed by atoms with van der Waals surface area (Å²) < 4.78 is 18.0. The molecular weight excluding hydrogens is 516 g/mol. The molecule has 0 fully saturated rings. The highest BCUT2D eigenvalue weighted by Crippen LogP contribution is 2.32. The highest BCUT2D eigenvalue weighted by molar-refractivity contribution is 9.10. The molecule has 1 aromatic heterocycles. The second kappa shape index (κ2) is 10.4. The maximum absolute atomic E-state index is 12.7. The predicted octanol–water partition coefficient (Wildman–Crippen LogP) is 7.19. The standard InChI is InChI=1S/C26H21BrN2O6/c1-16-7-8-17(2)25(11-16)35-21-13-18(12-19(14-21)29(31)32)28-26(30)24-10-9-20(34-24)15-33-23-6-4-3-5-22(23)27/h3-14H,15H2,1-2H3,(H,28,30). The molecule has 1 N–H and O–H groups in total. The van der Waals surface area contributed by atoms with Crippen molar-refractivity contribution in [1.29, 1.82) is 0 Å². The molecule has 1 heterocycles. The van der Waals surface area contributed by atoms with Crippen molar-refractivity contribution in [3.63, 3.8) is 0 Å². The third kappa shape index (κ3) is 6.07. The topological polar surface area (TPSA) is 104 Å². The Hall–Kier alpha value is -4.11. The molecule has 0 spiro atoms. The van der Waals surface area contributed by atoms with Gasteiger partial charge in [0, 0.05) is 12.1 Å². The average Bonchev–Trinajstić information content (AvgIpc) is 3.30. The van der Waals surface area contributed by atoms with Crippen LogP contribution in [0.2, 0.25) is 0 Å². The van der Waals surface area contributed by atoms with Crippen LogP contribution in [0.3, 0.4) is 0 Å². The summed E-state index contributed by atoms with van der Waals surface area (Å²) in [5, 5.41) is 14.1. The predicted molar refractivity (Wildman–Crippen MR) is 134 cm³/mol. The minimum atomic E-state index is -0.560. The number of amides is 1. The molecule has 0 aliphatic carbocycles. The first-order valence-electron chi connectivity index (χ1n) is 10.6. The number of nitrogens with one attached hydrogen (secondary N) is 1. The van der Waals surface area contributed by atoms with Crippen LogP contribution in [0.15, 0.2) is 81.7 Å². The normalized spacial score (nSPS) is 10.6. The van der Waals surface area contributed by atoms with E-state index in [9.17, 15) is 14.9 Å². The van der Waals surface area contributed by atoms with Crippen LogP contribution < -0.4 is 14.8 Å². The summed E-state index contributed by atoms with van der Waals surface area (Å²) in [7, 11) is 0. The lowest BCUT2D eigenvalue weighted by Gasteiger charge is -2.11. The Morgan fingerprint density at radius 2 is 1.83 bits per heavy atom. The van der Waals surface area contributed by atoms with E-state index in [1.807, 2.05) is 50.2 Å². The molecular formula is C26H21BrN2O6. The van der Waals surface area contributed by atoms with E-state index in [-0.39, 0.29) is 29.5 Å². The zero-order valence-electron chi connectivity index (χ0n) is 18.9. The monoisotopic (exact) mass is 536 g/mol. The number of rotatable bonds is 8. The smallest absolute Gasteiger partial charge is 0.291 e. The van der Waals surface area contributed by atoms with E-state index in [0.717, 1.165) is 15.6 Å². The highest BCUT2D eigenvalue weighted by Gasteiger charge is 2.17. The number of hydrogen-bond donors (Lipinski definition) is 1. The molecule has 0 radical (unpaired) electrons. The van der Waals surface area contributed by atoms with Gasteiger partial charge in [0.1, 0.15) is 29.6 Å². The van der Waals surface area contributed by atoms with E-state index in [1.165, 1.54) is 24.3 Å². The van der Waals surface area contributed by atoms with Crippen molar-refractivity contribution < 1.29 is 23.6 Å². The fourth-order valence-corrected chi connectivity index (χ4v) is 3.64. The van der Waals surface area contributed by atoms with Gasteiger partial charge in [-0.05, 0) is 71.2 Å². The second-order valence-electron chi connectivity index (χ2n) is 7.78. The van der Waals surface area contributed by atoms with Gasteiger partial charge in [0.2, 0.25) is 0 Å². The van der Waals surface area contributed by atoms with Crippen LogP contribution in [0.25, 0.3) is 0 Å². The first-order valence-corrected chi connectivity index (χ1v) is 11.4. The van der Waals surface area contributed by atoms with Gasteiger partial charge in [-0.25, -0.2) is 0 Å². The number of carbonyl (C=O) groups excluding carboxylic acids is 1. The number of carbonyl (C=O) groups is 1. The molecule has 8 nitrogen and oxygen atoms in total. The Kier molecular flexibility index (Phi) is 7.17. The van der Waals surface area contributed by atoms with Crippen LogP contribution in [0.4, 0.5) is 11.4 Å². The highest BCUT2D eigenvalue weighted by atomic mass is 79.9. The molecule has 0 aliphatic rings. The van der Waals surface area contributed by atoms with Gasteiger partial charge in [0.15, 0.2) is 5.76 Å². The number of aryl methyl sites for hydroxylation is 2. The minimum Gasteiger partial charge on any atom is -0.484 e. The van der Waals surface area contributed by atoms with Crippen molar-refractivity contribution in [2.75, 3.05) is 5.32 Å². The molecule has 9 heteroatoms. The lowest BCUT2D eigenvalue weighted by atomic mass is 10.1. The third-order valence-electron chi connectivity index (χ3n) is 5.02. The maximum atomic E-state index is 12.7. The largest absolute Gasteiger partial charge is 0.484 e. The third-order valence-corrected chi connectivity index (χ3v) is 5.68. The lowest BCUT2D eigenvalue weighted by molar-refractivity contribution is -0.384. The number of anilines is 1. The molecule has 0 saturated heterocycles. The average molecular weight is 537 g/mol. The number of nitrogens with zero attached hydrogens (tertiary/aromatic N) is 1. The molecule has 0 unspecified atom stereocenters. The zero-order chi connectivity index (χ0) is 24.9. The first-order chi connectivity index (χ1) is 16.8. The summed E-state index contributed by atoms with van der Waals surface area (Å²) in [6.07, 6.45) is 0. The van der Waals surface area contributed by atoms with Crippen molar-refractivity contribution >= 4 is 33.2 Å². The number of ether oxygens (including phenoxy) is 2. The Balaban J connectivity index is 1.49. The SMILES string of the molecule is Cc1ccc(C)c(Oc2cc(NC(=O)c3ccc(COc4ccccc4Br)o3)cc([N+](=O)[O-])c2)c1. The van der Waals surface area contributed by atoms with Crippen molar-refractivity contribution in [3.05, 3.63) is 110 Å². The van der Waals surface area contributed by atoms with Crippen molar-refractivity contribution in [2.45, 2.75) is 20.5 Å². The van der Waals surface area contributed by atoms with Crippen LogP contribution in [-0.4, -0.2) is 10.8 Å². The first kappa shape index (κ1) is 24.0. The van der Waals surface area contributed by atoms with Crippen LogP contribution in [0.1, 0.15) is 27.4 Å². The molecule has 4 aromatic rings. The van der Waals surface area contributed by atoms with E-state index in [2.05, 4.69) is 21.2 Å². The van der Waals surface area contributed by atoms with Crippen LogP contribution in [0.5, 0.6) is 17.2 Å². The quantitative estimate of drug-likeness (QED) is 0.189. The fraction of sp³-hybridized carbons (Fsp3) is 0.115. The summed E-state index contributed by atoms with van der Waals surface area (Å²) in [5.41, 5.74) is 1.85. The van der Waals surface area contributed by atoms with E-state index >= 15 is 0 Å². The molecule has 1 amide bonds. The lowest BCUT2D eigenvalue weighted by Crippen LogP contribution is -2.11. The van der Waals surface area contributed by atoms with E-state index in [1.54, 1.807) is 12.1 Å². The van der Waals surface area contributed by atoms with Gasteiger partial charge in [-0.3, -0.25) is 14.9 Å². The summed E-state index contributed by atoms with van der Waals surface area (Å²) >= 11 is 3.41. The number of para-hydroxylation sites is 1. The number of non-ortho nitro benzene ring substituents is 1. The number of hydrogen-bond acceptors (Lipinski definition) is 6. The number of nitro groups is 1. The second-order valence-corrected chi connectivity index (χ2v) is 8.64. The number of halogens is 1. The summed E-state index contributed by atoms with van der Waals surface area (Å²) in [4.78, 5) is 23.6.